The number of nitrogens with zero attached hydrogens (tertiary/aromatic N) is 2. The minimum atomic E-state index is -0.934. The number of hydrogen-bond acceptors (Lipinski definition) is 4. The highest BCUT2D eigenvalue weighted by Crippen LogP contribution is 2.47. The van der Waals surface area contributed by atoms with Crippen LogP contribution in [0.3, 0.4) is 0 Å². The Morgan fingerprint density at radius 3 is 2.92 bits per heavy atom. The third-order valence-corrected chi connectivity index (χ3v) is 5.77. The van der Waals surface area contributed by atoms with Gasteiger partial charge in [-0.15, -0.1) is 11.3 Å². The molecule has 2 aromatic heterocycles. The van der Waals surface area contributed by atoms with E-state index in [4.69, 9.17) is 5.11 Å². The highest BCUT2D eigenvalue weighted by Gasteiger charge is 2.44. The van der Waals surface area contributed by atoms with Crippen molar-refractivity contribution in [2.24, 2.45) is 0 Å². The Morgan fingerprint density at radius 2 is 2.20 bits per heavy atom. The number of aryl methyl sites for hydroxylation is 1. The van der Waals surface area contributed by atoms with Gasteiger partial charge in [-0.05, 0) is 37.5 Å². The molecular formula is C18H17N3O3S. The van der Waals surface area contributed by atoms with Crippen LogP contribution in [0.1, 0.15) is 44.9 Å². The molecule has 0 saturated heterocycles. The molecule has 0 atom stereocenters. The first-order valence-corrected chi connectivity index (χ1v) is 8.92. The van der Waals surface area contributed by atoms with Crippen LogP contribution >= 0.6 is 11.3 Å². The van der Waals surface area contributed by atoms with Crippen LogP contribution in [0.5, 0.6) is 0 Å². The maximum Gasteiger partial charge on any atom is 0.335 e. The summed E-state index contributed by atoms with van der Waals surface area (Å²) in [7, 11) is 0. The number of aromatic carboxylic acids is 1. The Morgan fingerprint density at radius 1 is 1.40 bits per heavy atom. The molecule has 1 aliphatic carbocycles. The maximum atomic E-state index is 12.6. The van der Waals surface area contributed by atoms with Gasteiger partial charge in [0, 0.05) is 23.0 Å². The topological polar surface area (TPSA) is 83.7 Å². The number of amides is 1. The monoisotopic (exact) mass is 355 g/mol. The summed E-state index contributed by atoms with van der Waals surface area (Å²) in [4.78, 5) is 28.8. The Hall–Kier alpha value is -2.67. The summed E-state index contributed by atoms with van der Waals surface area (Å²) in [5, 5.41) is 14.1. The minimum absolute atomic E-state index is 0.158. The number of fused-ring (bicyclic) bond motifs is 1. The highest BCUT2D eigenvalue weighted by atomic mass is 32.1. The van der Waals surface area contributed by atoms with Crippen LogP contribution in [0.15, 0.2) is 35.8 Å². The van der Waals surface area contributed by atoms with Crippen molar-refractivity contribution in [1.82, 2.24) is 14.7 Å². The lowest BCUT2D eigenvalue weighted by Crippen LogP contribution is -2.33. The van der Waals surface area contributed by atoms with Crippen molar-refractivity contribution in [2.45, 2.75) is 25.2 Å². The van der Waals surface area contributed by atoms with Gasteiger partial charge >= 0.3 is 5.97 Å². The molecule has 0 aliphatic heterocycles. The van der Waals surface area contributed by atoms with E-state index in [2.05, 4.69) is 10.3 Å². The van der Waals surface area contributed by atoms with Crippen molar-refractivity contribution in [1.29, 1.82) is 0 Å². The van der Waals surface area contributed by atoms with Crippen LogP contribution in [0.4, 0.5) is 0 Å². The number of thiazole rings is 1. The van der Waals surface area contributed by atoms with Gasteiger partial charge < -0.3 is 10.4 Å². The fraction of sp³-hybridized carbons (Fsp3) is 0.278. The van der Waals surface area contributed by atoms with Gasteiger partial charge in [0.15, 0.2) is 4.96 Å². The average molecular weight is 355 g/mol. The fourth-order valence-corrected chi connectivity index (χ4v) is 3.99. The van der Waals surface area contributed by atoms with E-state index >= 15 is 0 Å². The van der Waals surface area contributed by atoms with E-state index in [9.17, 15) is 9.59 Å². The zero-order valence-corrected chi connectivity index (χ0v) is 14.5. The molecule has 1 aliphatic rings. The second kappa shape index (κ2) is 5.70. The number of hydrogen-bond donors (Lipinski definition) is 2. The average Bonchev–Trinajstić information content (AvgIpc) is 3.15. The summed E-state index contributed by atoms with van der Waals surface area (Å²) >= 11 is 1.51. The van der Waals surface area contributed by atoms with E-state index in [-0.39, 0.29) is 16.9 Å². The second-order valence-electron chi connectivity index (χ2n) is 6.49. The van der Waals surface area contributed by atoms with E-state index in [1.807, 2.05) is 22.8 Å². The van der Waals surface area contributed by atoms with Gasteiger partial charge in [0.05, 0.1) is 11.8 Å². The second-order valence-corrected chi connectivity index (χ2v) is 7.32. The molecule has 4 rings (SSSR count). The Labute approximate surface area is 148 Å². The van der Waals surface area contributed by atoms with Gasteiger partial charge in [-0.1, -0.05) is 12.1 Å². The zero-order chi connectivity index (χ0) is 17.6. The molecule has 1 fully saturated rings. The smallest absolute Gasteiger partial charge is 0.335 e. The molecule has 3 aromatic rings. The molecule has 2 N–H and O–H groups in total. The molecule has 0 spiro atoms. The number of rotatable bonds is 5. The molecule has 1 aromatic carbocycles. The van der Waals surface area contributed by atoms with Gasteiger partial charge in [0.2, 0.25) is 0 Å². The predicted molar refractivity (Wildman–Crippen MR) is 94.5 cm³/mol. The van der Waals surface area contributed by atoms with E-state index < -0.39 is 5.97 Å². The molecule has 2 heterocycles. The zero-order valence-electron chi connectivity index (χ0n) is 13.7. The largest absolute Gasteiger partial charge is 0.478 e. The lowest BCUT2D eigenvalue weighted by Gasteiger charge is -2.17. The highest BCUT2D eigenvalue weighted by molar-refractivity contribution is 7.15. The molecule has 7 heteroatoms. The molecule has 0 bridgehead atoms. The fourth-order valence-electron chi connectivity index (χ4n) is 3.15. The lowest BCUT2D eigenvalue weighted by molar-refractivity contribution is 0.0696. The number of carbonyl (C=O) groups is 2. The van der Waals surface area contributed by atoms with Crippen molar-refractivity contribution in [3.05, 3.63) is 58.4 Å². The molecular weight excluding hydrogens is 338 g/mol. The van der Waals surface area contributed by atoms with Crippen LogP contribution in [0.25, 0.3) is 4.96 Å². The third-order valence-electron chi connectivity index (χ3n) is 4.81. The predicted octanol–water partition coefficient (Wildman–Crippen LogP) is 2.86. The van der Waals surface area contributed by atoms with Crippen LogP contribution < -0.4 is 5.32 Å². The summed E-state index contributed by atoms with van der Waals surface area (Å²) in [5.41, 5.74) is 2.61. The number of nitrogens with one attached hydrogen (secondary N) is 1. The van der Waals surface area contributed by atoms with Crippen molar-refractivity contribution in [2.75, 3.05) is 6.54 Å². The number of aromatic nitrogens is 2. The van der Waals surface area contributed by atoms with Gasteiger partial charge in [-0.25, -0.2) is 9.78 Å². The summed E-state index contributed by atoms with van der Waals surface area (Å²) in [6.07, 6.45) is 3.48. The van der Waals surface area contributed by atoms with Crippen LogP contribution in [0.2, 0.25) is 0 Å². The Balaban J connectivity index is 1.53. The first kappa shape index (κ1) is 15.8. The van der Waals surface area contributed by atoms with Gasteiger partial charge in [-0.2, -0.15) is 0 Å². The van der Waals surface area contributed by atoms with Crippen LogP contribution in [-0.4, -0.2) is 32.9 Å². The van der Waals surface area contributed by atoms with Gasteiger partial charge in [0.1, 0.15) is 5.69 Å². The quantitative estimate of drug-likeness (QED) is 0.737. The molecule has 1 amide bonds. The number of carbonyl (C=O) groups excluding carboxylic acids is 1. The summed E-state index contributed by atoms with van der Waals surface area (Å²) < 4.78 is 1.85. The van der Waals surface area contributed by atoms with Crippen molar-refractivity contribution < 1.29 is 14.7 Å². The van der Waals surface area contributed by atoms with Gasteiger partial charge in [-0.3, -0.25) is 9.20 Å². The molecule has 0 radical (unpaired) electrons. The molecule has 128 valence electrons. The van der Waals surface area contributed by atoms with Crippen molar-refractivity contribution in [3.63, 3.8) is 0 Å². The molecule has 6 nitrogen and oxygen atoms in total. The van der Waals surface area contributed by atoms with E-state index in [1.54, 1.807) is 24.4 Å². The minimum Gasteiger partial charge on any atom is -0.478 e. The number of benzene rings is 1. The first-order valence-electron chi connectivity index (χ1n) is 8.04. The van der Waals surface area contributed by atoms with Crippen molar-refractivity contribution >= 4 is 28.2 Å². The molecule has 25 heavy (non-hydrogen) atoms. The SMILES string of the molecule is Cc1csc2ncc(C(=O)NCC3(c4cccc(C(=O)O)c4)CC3)n12. The van der Waals surface area contributed by atoms with Gasteiger partial charge in [0.25, 0.3) is 5.91 Å². The Kier molecular flexibility index (Phi) is 3.61. The molecule has 1 saturated carbocycles. The van der Waals surface area contributed by atoms with Crippen molar-refractivity contribution in [3.8, 4) is 0 Å². The Bertz CT molecular complexity index is 985. The maximum absolute atomic E-state index is 12.6. The molecule has 0 unspecified atom stereocenters. The van der Waals surface area contributed by atoms with Crippen LogP contribution in [0, 0.1) is 6.92 Å². The van der Waals surface area contributed by atoms with E-state index in [0.29, 0.717) is 12.2 Å². The third kappa shape index (κ3) is 2.70. The van der Waals surface area contributed by atoms with Crippen LogP contribution in [-0.2, 0) is 5.41 Å². The first-order chi connectivity index (χ1) is 12.0. The summed E-state index contributed by atoms with van der Waals surface area (Å²) in [6, 6.07) is 6.99. The lowest BCUT2D eigenvalue weighted by atomic mass is 9.94. The normalized spacial score (nSPS) is 15.2. The number of imidazole rings is 1. The van der Waals surface area contributed by atoms with E-state index in [0.717, 1.165) is 29.1 Å². The summed E-state index contributed by atoms with van der Waals surface area (Å²) in [6.45, 7) is 2.44. The number of carboxylic acid groups (broad SMARTS) is 1. The van der Waals surface area contributed by atoms with E-state index in [1.165, 1.54) is 11.3 Å². The summed E-state index contributed by atoms with van der Waals surface area (Å²) in [5.74, 6) is -1.09. The number of carboxylic acids is 1. The standard InChI is InChI=1S/C18H17N3O3S/c1-11-9-25-17-19-8-14(21(11)17)15(22)20-10-18(5-6-18)13-4-2-3-12(7-13)16(23)24/h2-4,7-9H,5-6,10H2,1H3,(H,20,22)(H,23,24).